The molecule has 1 aromatic carbocycles. The number of hydrogen-bond acceptors (Lipinski definition) is 2. The molecule has 3 nitrogen and oxygen atoms in total. The van der Waals surface area contributed by atoms with Gasteiger partial charge in [0.2, 0.25) is 0 Å². The van der Waals surface area contributed by atoms with Crippen molar-refractivity contribution in [1.29, 1.82) is 0 Å². The maximum atomic E-state index is 13.1. The number of amides is 1. The highest BCUT2D eigenvalue weighted by molar-refractivity contribution is 6.05. The molecule has 0 spiro atoms. The van der Waals surface area contributed by atoms with Gasteiger partial charge in [-0.1, -0.05) is 32.9 Å². The summed E-state index contributed by atoms with van der Waals surface area (Å²) >= 11 is 0. The predicted molar refractivity (Wildman–Crippen MR) is 94.3 cm³/mol. The zero-order valence-electron chi connectivity index (χ0n) is 14.6. The van der Waals surface area contributed by atoms with Crippen LogP contribution in [0.4, 0.5) is 14.5 Å². The Bertz CT molecular complexity index is 802. The molecule has 0 saturated carbocycles. The summed E-state index contributed by atoms with van der Waals surface area (Å²) in [5.41, 5.74) is 2.53. The molecule has 0 saturated heterocycles. The van der Waals surface area contributed by atoms with Gasteiger partial charge in [0.25, 0.3) is 12.3 Å². The van der Waals surface area contributed by atoms with Gasteiger partial charge in [-0.25, -0.2) is 8.78 Å². The Morgan fingerprint density at radius 2 is 2.08 bits per heavy atom. The van der Waals surface area contributed by atoms with Crippen LogP contribution in [-0.2, 0) is 5.41 Å². The molecule has 3 rings (SSSR count). The lowest BCUT2D eigenvalue weighted by atomic mass is 9.86. The topological polar surface area (TPSA) is 42.0 Å². The molecule has 1 aliphatic rings. The molecule has 5 heteroatoms. The van der Waals surface area contributed by atoms with Crippen LogP contribution in [0.5, 0.6) is 0 Å². The van der Waals surface area contributed by atoms with Crippen LogP contribution in [0.1, 0.15) is 73.1 Å². The van der Waals surface area contributed by atoms with E-state index < -0.39 is 18.0 Å². The Hall–Kier alpha value is -2.30. The van der Waals surface area contributed by atoms with Crippen molar-refractivity contribution in [1.82, 2.24) is 4.98 Å². The number of nitrogens with zero attached hydrogens (tertiary/aromatic N) is 1. The molecule has 0 radical (unpaired) electrons. The van der Waals surface area contributed by atoms with Crippen molar-refractivity contribution in [3.63, 3.8) is 0 Å². The van der Waals surface area contributed by atoms with Crippen molar-refractivity contribution in [2.45, 2.75) is 51.4 Å². The Morgan fingerprint density at radius 3 is 2.76 bits per heavy atom. The van der Waals surface area contributed by atoms with Gasteiger partial charge in [-0.05, 0) is 53.5 Å². The monoisotopic (exact) mass is 344 g/mol. The maximum Gasteiger partial charge on any atom is 0.281 e. The van der Waals surface area contributed by atoms with Gasteiger partial charge in [-0.2, -0.15) is 0 Å². The van der Waals surface area contributed by atoms with E-state index in [9.17, 15) is 13.6 Å². The van der Waals surface area contributed by atoms with Crippen molar-refractivity contribution in [2.75, 3.05) is 5.32 Å². The van der Waals surface area contributed by atoms with E-state index in [4.69, 9.17) is 0 Å². The van der Waals surface area contributed by atoms with E-state index in [0.29, 0.717) is 11.6 Å². The number of halogens is 2. The number of carbonyl (C=O) groups is 1. The molecule has 25 heavy (non-hydrogen) atoms. The summed E-state index contributed by atoms with van der Waals surface area (Å²) in [6.07, 6.45) is 0.471. The van der Waals surface area contributed by atoms with Gasteiger partial charge >= 0.3 is 0 Å². The van der Waals surface area contributed by atoms with E-state index in [1.54, 1.807) is 0 Å². The number of fused-ring (bicyclic) bond motifs is 1. The van der Waals surface area contributed by atoms with Gasteiger partial charge in [0.1, 0.15) is 5.69 Å². The lowest BCUT2D eigenvalue weighted by Crippen LogP contribution is -2.17. The van der Waals surface area contributed by atoms with Gasteiger partial charge in [0, 0.05) is 11.9 Å². The number of nitrogens with one attached hydrogen (secondary N) is 1. The summed E-state index contributed by atoms with van der Waals surface area (Å²) in [6, 6.07) is 8.72. The van der Waals surface area contributed by atoms with Crippen LogP contribution in [0.25, 0.3) is 0 Å². The fourth-order valence-electron chi connectivity index (χ4n) is 3.85. The molecule has 0 bridgehead atoms. The highest BCUT2D eigenvalue weighted by Crippen LogP contribution is 2.49. The van der Waals surface area contributed by atoms with E-state index in [1.807, 2.05) is 12.1 Å². The molecule has 1 amide bonds. The van der Waals surface area contributed by atoms with Crippen LogP contribution in [0.3, 0.4) is 0 Å². The predicted octanol–water partition coefficient (Wildman–Crippen LogP) is 5.45. The first-order valence-corrected chi connectivity index (χ1v) is 8.53. The van der Waals surface area contributed by atoms with Crippen molar-refractivity contribution in [2.24, 2.45) is 0 Å². The van der Waals surface area contributed by atoms with E-state index in [-0.39, 0.29) is 11.0 Å². The number of aromatic nitrogens is 1. The van der Waals surface area contributed by atoms with Crippen molar-refractivity contribution in [3.05, 3.63) is 58.9 Å². The second-order valence-corrected chi connectivity index (χ2v) is 7.15. The number of hydrogen-bond donors (Lipinski definition) is 1. The molecule has 132 valence electrons. The second kappa shape index (κ2) is 6.54. The van der Waals surface area contributed by atoms with Gasteiger partial charge in [-0.3, -0.25) is 9.78 Å². The van der Waals surface area contributed by atoms with Gasteiger partial charge in [0.15, 0.2) is 0 Å². The quantitative estimate of drug-likeness (QED) is 0.802. The first-order valence-electron chi connectivity index (χ1n) is 8.53. The number of benzene rings is 1. The smallest absolute Gasteiger partial charge is 0.281 e. The Balaban J connectivity index is 1.98. The summed E-state index contributed by atoms with van der Waals surface area (Å²) in [5.74, 6) is -0.193. The Labute approximate surface area is 146 Å². The van der Waals surface area contributed by atoms with Crippen LogP contribution < -0.4 is 5.32 Å². The number of carbonyl (C=O) groups excluding carboxylic acids is 1. The van der Waals surface area contributed by atoms with Crippen molar-refractivity contribution >= 4 is 11.6 Å². The standard InChI is InChI=1S/C20H22F2N2O/c1-4-12-11-20(2,3)14-8-5-9-15(16(12)14)24-19(25)13-7-6-10-23-17(13)18(21)22/h5-10,12,18H,4,11H2,1-3H3,(H,24,25). The zero-order valence-corrected chi connectivity index (χ0v) is 14.6. The minimum atomic E-state index is -2.79. The Morgan fingerprint density at radius 1 is 1.32 bits per heavy atom. The lowest BCUT2D eigenvalue weighted by molar-refractivity contribution is 0.100. The molecule has 1 heterocycles. The van der Waals surface area contributed by atoms with E-state index in [0.717, 1.165) is 18.4 Å². The molecule has 1 aromatic heterocycles. The molecular formula is C20H22F2N2O. The van der Waals surface area contributed by atoms with Gasteiger partial charge in [-0.15, -0.1) is 0 Å². The number of alkyl halides is 2. The first-order chi connectivity index (χ1) is 11.8. The number of anilines is 1. The van der Waals surface area contributed by atoms with E-state index >= 15 is 0 Å². The molecule has 1 unspecified atom stereocenters. The highest BCUT2D eigenvalue weighted by atomic mass is 19.3. The van der Waals surface area contributed by atoms with Crippen LogP contribution in [0.2, 0.25) is 0 Å². The average Bonchev–Trinajstić information content (AvgIpc) is 2.86. The summed E-state index contributed by atoms with van der Waals surface area (Å²) in [5, 5.41) is 2.84. The summed E-state index contributed by atoms with van der Waals surface area (Å²) in [7, 11) is 0. The largest absolute Gasteiger partial charge is 0.322 e. The van der Waals surface area contributed by atoms with Crippen LogP contribution in [0.15, 0.2) is 36.5 Å². The molecule has 0 fully saturated rings. The number of pyridine rings is 1. The van der Waals surface area contributed by atoms with Crippen LogP contribution in [-0.4, -0.2) is 10.9 Å². The average molecular weight is 344 g/mol. The molecule has 1 atom stereocenters. The maximum absolute atomic E-state index is 13.1. The minimum Gasteiger partial charge on any atom is -0.322 e. The molecule has 2 aromatic rings. The van der Waals surface area contributed by atoms with Gasteiger partial charge < -0.3 is 5.32 Å². The van der Waals surface area contributed by atoms with Gasteiger partial charge in [0.05, 0.1) is 5.56 Å². The summed E-state index contributed by atoms with van der Waals surface area (Å²) in [6.45, 7) is 6.52. The lowest BCUT2D eigenvalue weighted by Gasteiger charge is -2.19. The molecule has 0 aliphatic heterocycles. The summed E-state index contributed by atoms with van der Waals surface area (Å²) in [4.78, 5) is 16.3. The third kappa shape index (κ3) is 3.15. The van der Waals surface area contributed by atoms with E-state index in [1.165, 1.54) is 23.9 Å². The SMILES string of the molecule is CCC1CC(C)(C)c2cccc(NC(=O)c3cccnc3C(F)F)c21. The second-order valence-electron chi connectivity index (χ2n) is 7.15. The molecular weight excluding hydrogens is 322 g/mol. The third-order valence-electron chi connectivity index (χ3n) is 5.03. The fraction of sp³-hybridized carbons (Fsp3) is 0.400. The van der Waals surface area contributed by atoms with E-state index in [2.05, 4.69) is 37.1 Å². The first kappa shape index (κ1) is 17.5. The number of rotatable bonds is 4. The third-order valence-corrected chi connectivity index (χ3v) is 5.03. The van der Waals surface area contributed by atoms with Crippen LogP contribution in [0, 0.1) is 0 Å². The minimum absolute atomic E-state index is 0.0409. The van der Waals surface area contributed by atoms with Crippen LogP contribution >= 0.6 is 0 Å². The Kier molecular flexibility index (Phi) is 4.58. The highest BCUT2D eigenvalue weighted by Gasteiger charge is 2.37. The molecule has 1 N–H and O–H groups in total. The normalized spacial score (nSPS) is 18.2. The zero-order chi connectivity index (χ0) is 18.2. The fourth-order valence-corrected chi connectivity index (χ4v) is 3.85. The van der Waals surface area contributed by atoms with Crippen molar-refractivity contribution < 1.29 is 13.6 Å². The summed E-state index contributed by atoms with van der Waals surface area (Å²) < 4.78 is 26.2. The molecule has 1 aliphatic carbocycles. The van der Waals surface area contributed by atoms with Crippen molar-refractivity contribution in [3.8, 4) is 0 Å².